The third-order valence-corrected chi connectivity index (χ3v) is 37.2. The summed E-state index contributed by atoms with van der Waals surface area (Å²) in [6.07, 6.45) is 4.21. The summed E-state index contributed by atoms with van der Waals surface area (Å²) >= 11 is 0. The molecule has 0 unspecified atom stereocenters. The number of fused-ring (bicyclic) bond motifs is 12. The van der Waals surface area contributed by atoms with Gasteiger partial charge in [-0.2, -0.15) is 30.2 Å². The van der Waals surface area contributed by atoms with Crippen LogP contribution >= 0.6 is 0 Å². The van der Waals surface area contributed by atoms with Crippen LogP contribution < -0.4 is 39.0 Å². The van der Waals surface area contributed by atoms with E-state index in [2.05, 4.69) is 433 Å². The molecule has 0 aliphatic heterocycles. The van der Waals surface area contributed by atoms with Crippen molar-refractivity contribution in [1.82, 2.24) is 0 Å². The Bertz CT molecular complexity index is 8670. The first-order chi connectivity index (χ1) is 66.9. The first kappa shape index (κ1) is 97.9. The molecule has 0 bridgehead atoms. The van der Waals surface area contributed by atoms with E-state index < -0.39 is 32.3 Å². The van der Waals surface area contributed by atoms with E-state index in [9.17, 15) is 21.0 Å². The molecule has 0 amide bonds. The van der Waals surface area contributed by atoms with Crippen LogP contribution in [-0.2, 0) is 28.2 Å². The number of furan rings is 4. The van der Waals surface area contributed by atoms with Crippen molar-refractivity contribution in [1.29, 1.82) is 21.0 Å². The van der Waals surface area contributed by atoms with E-state index in [4.69, 9.17) is 17.7 Å². The van der Waals surface area contributed by atoms with Gasteiger partial charge in [-0.3, -0.25) is 0 Å². The maximum Gasteiger partial charge on any atom is 0.216 e. The second-order valence-electron chi connectivity index (χ2n) is 43.1. The van der Waals surface area contributed by atoms with Gasteiger partial charge in [0.1, 0.15) is 72.9 Å². The maximum atomic E-state index is 10.0. The SMILES string of the molecule is Cc1cc(-c2c(C)ccc3c2oc2c(-c4ccc([Si](C)(C)C)cc4)ccc(C#N)c23)[n+](C)c(C)c1C.Cc1cc[n+](C)c(-c2c(C)ccc3c2oc2c(-c4ccc([Si](C)(C)C)cc4)ccc(C#N)c23)c1.Cc1ccc(-c2c(C)ccc3c2oc2c(-c4ccc([Si](C)(C)C)cc4)ccc(C#N)c23)[n+](C)c1.Cc1ccc2c(oc3c(-c4ccc([Si](C)(C)C)cc4)ccc(C#N)c32)c1-c1cc(C(C)C)cc(C)[n+]1C. The van der Waals surface area contributed by atoms with Crippen molar-refractivity contribution < 1.29 is 35.9 Å². The lowest BCUT2D eigenvalue weighted by Crippen LogP contribution is -2.37. The second kappa shape index (κ2) is 37.8. The van der Waals surface area contributed by atoms with Gasteiger partial charge in [-0.05, 0) is 177 Å². The summed E-state index contributed by atoms with van der Waals surface area (Å²) in [6, 6.07) is 93.3. The van der Waals surface area contributed by atoms with E-state index in [1.165, 1.54) is 60.0 Å². The lowest BCUT2D eigenvalue weighted by atomic mass is 9.95. The highest BCUT2D eigenvalue weighted by Crippen LogP contribution is 2.49. The Labute approximate surface area is 834 Å². The zero-order chi connectivity index (χ0) is 101. The third kappa shape index (κ3) is 18.2. The predicted octanol–water partition coefficient (Wildman–Crippen LogP) is 28.9. The van der Waals surface area contributed by atoms with E-state index >= 15 is 0 Å². The number of benzene rings is 12. The lowest BCUT2D eigenvalue weighted by molar-refractivity contribution is -0.667. The number of nitrogens with zero attached hydrogens (tertiary/aromatic N) is 8. The van der Waals surface area contributed by atoms with Gasteiger partial charge in [-0.15, -0.1) is 0 Å². The van der Waals surface area contributed by atoms with E-state index in [1.807, 2.05) is 48.5 Å². The molecule has 141 heavy (non-hydrogen) atoms. The zero-order valence-electron chi connectivity index (χ0n) is 87.0. The number of aryl methyl sites for hydroxylation is 10. The zero-order valence-corrected chi connectivity index (χ0v) is 91.0. The fourth-order valence-electron chi connectivity index (χ4n) is 20.0. The molecule has 8 heterocycles. The van der Waals surface area contributed by atoms with Crippen LogP contribution in [0.5, 0.6) is 0 Å². The standard InChI is InChI=1S/C33H35N2OSi.C32H33N2OSi.2C30H29N2OSi/c1-20(2)25-17-22(4)35(5)29(18-25)30-21(3)9-15-28-31-24(19-34)12-16-27(32(31)36-33(28)30)23-10-13-26(14-11-23)37(6,7)8;1-19-9-15-27-30-24(18-33)12-16-26(23-10-13-25(14-11-23)36(6,7)8)31(30)35-32(27)29(19)28-17-20(2)21(3)22(4)34(28)5;1-19-7-16-26(32(3)18-19)27-20(2)8-14-25-28-22(17-31)11-15-24(29(28)33-30(25)27)21-9-12-23(13-10-21)34(4,5)6;1-19-15-16-32(3)26(17-19)27-20(2)7-13-25-28-22(18-31)10-14-24(29(28)33-30(25)27)21-8-11-23(12-9-21)34(4,5)6/h9-18,20H,1-8H3;9-17H,1-8H3;7-16,18H,1-6H3;7-17H,1-6H3/q4*+1. The smallest absolute Gasteiger partial charge is 0.216 e. The van der Waals surface area contributed by atoms with Crippen LogP contribution in [0.2, 0.25) is 78.6 Å². The van der Waals surface area contributed by atoms with Gasteiger partial charge in [0, 0.05) is 127 Å². The van der Waals surface area contributed by atoms with Crippen LogP contribution in [0.3, 0.4) is 0 Å². The summed E-state index contributed by atoms with van der Waals surface area (Å²) in [4.78, 5) is 0. The average Bonchev–Trinajstić information content (AvgIpc) is 1.63. The Kier molecular flexibility index (Phi) is 26.2. The molecule has 8 aromatic heterocycles. The Balaban J connectivity index is 0.000000130. The average molecular weight is 1920 g/mol. The normalized spacial score (nSPS) is 11.9. The molecule has 0 atom stereocenters. The van der Waals surface area contributed by atoms with Crippen LogP contribution in [0.1, 0.15) is 103 Å². The molecule has 0 fully saturated rings. The molecule has 702 valence electrons. The third-order valence-electron chi connectivity index (χ3n) is 28.9. The Morgan fingerprint density at radius 3 is 0.879 bits per heavy atom. The molecule has 0 saturated heterocycles. The van der Waals surface area contributed by atoms with Gasteiger partial charge in [0.05, 0.1) is 101 Å². The summed E-state index contributed by atoms with van der Waals surface area (Å²) in [7, 11) is 2.80. The Morgan fingerprint density at radius 2 is 0.582 bits per heavy atom. The number of pyridine rings is 4. The van der Waals surface area contributed by atoms with Crippen molar-refractivity contribution in [3.8, 4) is 114 Å². The van der Waals surface area contributed by atoms with Gasteiger partial charge in [-0.25, -0.2) is 9.13 Å². The molecular weight excluding hydrogens is 1790 g/mol. The summed E-state index contributed by atoms with van der Waals surface area (Å²) in [5.41, 5.74) is 39.6. The highest BCUT2D eigenvalue weighted by Gasteiger charge is 2.33. The number of hydrogen-bond acceptors (Lipinski definition) is 8. The highest BCUT2D eigenvalue weighted by atomic mass is 28.3. The number of rotatable bonds is 13. The van der Waals surface area contributed by atoms with Crippen molar-refractivity contribution >= 4 is 141 Å². The van der Waals surface area contributed by atoms with Crippen molar-refractivity contribution in [3.63, 3.8) is 0 Å². The molecule has 0 spiro atoms. The largest absolute Gasteiger partial charge is 0.454 e. The minimum absolute atomic E-state index is 0.421. The fourth-order valence-corrected chi connectivity index (χ4v) is 24.7. The van der Waals surface area contributed by atoms with Crippen molar-refractivity contribution in [2.75, 3.05) is 0 Å². The van der Waals surface area contributed by atoms with Gasteiger partial charge < -0.3 is 17.7 Å². The van der Waals surface area contributed by atoms with E-state index in [-0.39, 0.29) is 0 Å². The van der Waals surface area contributed by atoms with Crippen LogP contribution in [0, 0.1) is 115 Å². The Hall–Kier alpha value is -14.7. The fraction of sp³-hybridized carbons (Fsp3) is 0.232. The van der Waals surface area contributed by atoms with Gasteiger partial charge in [0.25, 0.3) is 0 Å². The minimum atomic E-state index is -1.40. The molecule has 20 aromatic rings. The van der Waals surface area contributed by atoms with E-state index in [0.29, 0.717) is 28.2 Å². The number of nitriles is 4. The van der Waals surface area contributed by atoms with Gasteiger partial charge in [0.15, 0.2) is 23.8 Å². The topological polar surface area (TPSA) is 163 Å². The molecule has 16 heteroatoms. The first-order valence-electron chi connectivity index (χ1n) is 48.8. The van der Waals surface area contributed by atoms with Gasteiger partial charge in [0.2, 0.25) is 22.8 Å². The molecular formula is C125H126N8O4Si4+4. The summed E-state index contributed by atoms with van der Waals surface area (Å²) in [5.74, 6) is 0.421. The molecule has 0 aliphatic rings. The van der Waals surface area contributed by atoms with Crippen LogP contribution in [0.4, 0.5) is 0 Å². The van der Waals surface area contributed by atoms with E-state index in [1.54, 1.807) is 0 Å². The van der Waals surface area contributed by atoms with Crippen LogP contribution in [0.25, 0.3) is 177 Å². The summed E-state index contributed by atoms with van der Waals surface area (Å²) in [6.45, 7) is 54.1. The number of hydrogen-bond donors (Lipinski definition) is 0. The quantitative estimate of drug-likeness (QED) is 0.0813. The van der Waals surface area contributed by atoms with Gasteiger partial charge in [-0.1, -0.05) is 259 Å². The monoisotopic (exact) mass is 1910 g/mol. The second-order valence-corrected chi connectivity index (χ2v) is 63.4. The molecule has 12 aromatic carbocycles. The van der Waals surface area contributed by atoms with E-state index in [0.717, 1.165) is 200 Å². The van der Waals surface area contributed by atoms with Crippen LogP contribution in [-0.4, -0.2) is 32.3 Å². The minimum Gasteiger partial charge on any atom is -0.454 e. The lowest BCUT2D eigenvalue weighted by Gasteiger charge is -2.16. The molecule has 0 radical (unpaired) electrons. The highest BCUT2D eigenvalue weighted by molar-refractivity contribution is 6.90. The predicted molar refractivity (Wildman–Crippen MR) is 595 cm³/mol. The molecule has 0 N–H and O–H groups in total. The molecule has 0 saturated carbocycles. The first-order valence-corrected chi connectivity index (χ1v) is 62.8. The van der Waals surface area contributed by atoms with Crippen molar-refractivity contribution in [2.45, 2.75) is 168 Å². The van der Waals surface area contributed by atoms with Crippen molar-refractivity contribution in [3.05, 3.63) is 333 Å². The summed E-state index contributed by atoms with van der Waals surface area (Å²) in [5, 5.41) is 53.1. The molecule has 0 aliphatic carbocycles. The molecule has 12 nitrogen and oxygen atoms in total. The van der Waals surface area contributed by atoms with Crippen molar-refractivity contribution in [2.24, 2.45) is 28.2 Å². The Morgan fingerprint density at radius 1 is 0.277 bits per heavy atom. The summed E-state index contributed by atoms with van der Waals surface area (Å²) < 4.78 is 35.7. The van der Waals surface area contributed by atoms with Crippen LogP contribution in [0.15, 0.2) is 267 Å². The number of aromatic nitrogens is 4. The van der Waals surface area contributed by atoms with Gasteiger partial charge >= 0.3 is 0 Å². The molecule has 20 rings (SSSR count). The maximum absolute atomic E-state index is 10.0.